The van der Waals surface area contributed by atoms with Crippen molar-refractivity contribution in [3.05, 3.63) is 6.54 Å². The third-order valence-corrected chi connectivity index (χ3v) is 0.649. The van der Waals surface area contributed by atoms with Gasteiger partial charge in [-0.15, -0.1) is 0 Å². The van der Waals surface area contributed by atoms with E-state index in [0.29, 0.717) is 0 Å². The Labute approximate surface area is 49.3 Å². The molecule has 0 aromatic carbocycles. The first kappa shape index (κ1) is 7.88. The standard InChI is InChI=1S/C5H12NO2/c1-2-3-6-4-5(7)8/h3,5-8H,2,4H2,1H3. The normalized spacial score (nSPS) is 10.5. The van der Waals surface area contributed by atoms with E-state index in [1.54, 1.807) is 6.54 Å². The molecule has 0 rings (SSSR count). The molecule has 0 aromatic rings. The zero-order valence-corrected chi connectivity index (χ0v) is 4.96. The van der Waals surface area contributed by atoms with E-state index in [1.807, 2.05) is 6.92 Å². The van der Waals surface area contributed by atoms with Gasteiger partial charge in [0.15, 0.2) is 6.29 Å². The van der Waals surface area contributed by atoms with Crippen LogP contribution in [0.3, 0.4) is 0 Å². The molecule has 0 aromatic heterocycles. The molecule has 0 spiro atoms. The fourth-order valence-electron chi connectivity index (χ4n) is 0.333. The largest absolute Gasteiger partial charge is 0.367 e. The van der Waals surface area contributed by atoms with Crippen LogP contribution in [-0.2, 0) is 0 Å². The molecule has 0 fully saturated rings. The van der Waals surface area contributed by atoms with Crippen LogP contribution in [0.25, 0.3) is 0 Å². The smallest absolute Gasteiger partial charge is 0.164 e. The van der Waals surface area contributed by atoms with E-state index in [0.717, 1.165) is 6.42 Å². The maximum absolute atomic E-state index is 8.25. The molecule has 0 saturated carbocycles. The van der Waals surface area contributed by atoms with Gasteiger partial charge >= 0.3 is 0 Å². The van der Waals surface area contributed by atoms with Crippen molar-refractivity contribution in [3.8, 4) is 0 Å². The van der Waals surface area contributed by atoms with E-state index < -0.39 is 6.29 Å². The summed E-state index contributed by atoms with van der Waals surface area (Å²) in [7, 11) is 0. The van der Waals surface area contributed by atoms with Crippen molar-refractivity contribution < 1.29 is 10.2 Å². The Bertz CT molecular complexity index is 47.7. The molecular formula is C5H12NO2. The van der Waals surface area contributed by atoms with Gasteiger partial charge in [0.05, 0.1) is 0 Å². The van der Waals surface area contributed by atoms with E-state index in [9.17, 15) is 0 Å². The van der Waals surface area contributed by atoms with Crippen LogP contribution in [0, 0.1) is 6.54 Å². The Morgan fingerprint density at radius 2 is 2.25 bits per heavy atom. The lowest BCUT2D eigenvalue weighted by molar-refractivity contribution is -0.0358. The van der Waals surface area contributed by atoms with Crippen molar-refractivity contribution in [2.75, 3.05) is 6.54 Å². The van der Waals surface area contributed by atoms with Crippen LogP contribution in [0.1, 0.15) is 13.3 Å². The Morgan fingerprint density at radius 1 is 1.62 bits per heavy atom. The first-order valence-corrected chi connectivity index (χ1v) is 2.68. The molecule has 0 saturated heterocycles. The minimum Gasteiger partial charge on any atom is -0.367 e. The highest BCUT2D eigenvalue weighted by molar-refractivity contribution is 4.57. The van der Waals surface area contributed by atoms with Gasteiger partial charge in [-0.2, -0.15) is 0 Å². The van der Waals surface area contributed by atoms with Crippen LogP contribution in [0.4, 0.5) is 0 Å². The predicted molar refractivity (Wildman–Crippen MR) is 30.8 cm³/mol. The molecular weight excluding hydrogens is 106 g/mol. The molecule has 0 aliphatic carbocycles. The molecule has 1 radical (unpaired) electrons. The number of nitrogens with one attached hydrogen (secondary N) is 1. The average Bonchev–Trinajstić information content (AvgIpc) is 1.66. The number of aliphatic hydroxyl groups is 2. The maximum Gasteiger partial charge on any atom is 0.164 e. The van der Waals surface area contributed by atoms with Crippen LogP contribution in [0.5, 0.6) is 0 Å². The van der Waals surface area contributed by atoms with Crippen molar-refractivity contribution in [1.82, 2.24) is 5.32 Å². The molecule has 3 nitrogen and oxygen atoms in total. The molecule has 0 aliphatic rings. The quantitative estimate of drug-likeness (QED) is 0.343. The summed E-state index contributed by atoms with van der Waals surface area (Å²) in [5.41, 5.74) is 0. The molecule has 0 atom stereocenters. The van der Waals surface area contributed by atoms with Gasteiger partial charge in [0.2, 0.25) is 0 Å². The monoisotopic (exact) mass is 118 g/mol. The highest BCUT2D eigenvalue weighted by atomic mass is 16.5. The molecule has 0 bridgehead atoms. The van der Waals surface area contributed by atoms with Crippen LogP contribution >= 0.6 is 0 Å². The lowest BCUT2D eigenvalue weighted by Crippen LogP contribution is -2.23. The molecule has 0 unspecified atom stereocenters. The summed E-state index contributed by atoms with van der Waals surface area (Å²) in [5.74, 6) is 0. The fraction of sp³-hybridized carbons (Fsp3) is 0.800. The number of aliphatic hydroxyl groups excluding tert-OH is 1. The lowest BCUT2D eigenvalue weighted by Gasteiger charge is -2.02. The topological polar surface area (TPSA) is 52.5 Å². The molecule has 0 amide bonds. The Morgan fingerprint density at radius 3 is 2.62 bits per heavy atom. The summed E-state index contributed by atoms with van der Waals surface area (Å²) >= 11 is 0. The Balaban J connectivity index is 2.72. The van der Waals surface area contributed by atoms with E-state index in [1.165, 1.54) is 0 Å². The van der Waals surface area contributed by atoms with Crippen LogP contribution in [0.15, 0.2) is 0 Å². The van der Waals surface area contributed by atoms with Gasteiger partial charge in [0.1, 0.15) is 0 Å². The number of rotatable bonds is 4. The van der Waals surface area contributed by atoms with Crippen LogP contribution in [-0.4, -0.2) is 23.0 Å². The van der Waals surface area contributed by atoms with Gasteiger partial charge in [0, 0.05) is 13.1 Å². The van der Waals surface area contributed by atoms with E-state index in [2.05, 4.69) is 5.32 Å². The van der Waals surface area contributed by atoms with Crippen LogP contribution in [0.2, 0.25) is 0 Å². The van der Waals surface area contributed by atoms with Gasteiger partial charge in [-0.05, 0) is 6.42 Å². The third kappa shape index (κ3) is 5.88. The lowest BCUT2D eigenvalue weighted by atomic mass is 10.5. The van der Waals surface area contributed by atoms with Gasteiger partial charge < -0.3 is 15.5 Å². The maximum atomic E-state index is 8.25. The van der Waals surface area contributed by atoms with Gasteiger partial charge in [-0.3, -0.25) is 0 Å². The molecule has 8 heavy (non-hydrogen) atoms. The summed E-state index contributed by atoms with van der Waals surface area (Å²) in [6, 6.07) is 0. The first-order valence-electron chi connectivity index (χ1n) is 2.68. The Kier molecular flexibility index (Phi) is 4.95. The molecule has 3 N–H and O–H groups in total. The zero-order valence-electron chi connectivity index (χ0n) is 4.96. The summed E-state index contributed by atoms with van der Waals surface area (Å²) < 4.78 is 0. The second-order valence-electron chi connectivity index (χ2n) is 1.50. The van der Waals surface area contributed by atoms with E-state index in [-0.39, 0.29) is 6.54 Å². The summed E-state index contributed by atoms with van der Waals surface area (Å²) in [4.78, 5) is 0. The minimum atomic E-state index is -1.24. The predicted octanol–water partition coefficient (Wildman–Crippen LogP) is -0.542. The molecule has 49 valence electrons. The second-order valence-corrected chi connectivity index (χ2v) is 1.50. The van der Waals surface area contributed by atoms with Crippen molar-refractivity contribution in [2.45, 2.75) is 19.6 Å². The van der Waals surface area contributed by atoms with Crippen molar-refractivity contribution in [3.63, 3.8) is 0 Å². The summed E-state index contributed by atoms with van der Waals surface area (Å²) in [5, 5.41) is 19.2. The highest BCUT2D eigenvalue weighted by Gasteiger charge is 1.92. The van der Waals surface area contributed by atoms with Crippen molar-refractivity contribution in [1.29, 1.82) is 0 Å². The Hall–Kier alpha value is -0.120. The zero-order chi connectivity index (χ0) is 6.41. The van der Waals surface area contributed by atoms with Crippen molar-refractivity contribution in [2.24, 2.45) is 0 Å². The van der Waals surface area contributed by atoms with E-state index in [4.69, 9.17) is 10.2 Å². The fourth-order valence-corrected chi connectivity index (χ4v) is 0.333. The number of hydrogen-bond donors (Lipinski definition) is 3. The van der Waals surface area contributed by atoms with Crippen molar-refractivity contribution >= 4 is 0 Å². The first-order chi connectivity index (χ1) is 3.77. The van der Waals surface area contributed by atoms with Gasteiger partial charge in [0.25, 0.3) is 0 Å². The van der Waals surface area contributed by atoms with Gasteiger partial charge in [-0.1, -0.05) is 6.92 Å². The highest BCUT2D eigenvalue weighted by Crippen LogP contribution is 1.77. The summed E-state index contributed by atoms with van der Waals surface area (Å²) in [6.07, 6.45) is -0.343. The van der Waals surface area contributed by atoms with Crippen LogP contribution < -0.4 is 5.32 Å². The molecule has 3 heteroatoms. The SMILES string of the molecule is CC[CH]NCC(O)O. The number of hydrogen-bond acceptors (Lipinski definition) is 3. The minimum absolute atomic E-state index is 0.216. The average molecular weight is 118 g/mol. The van der Waals surface area contributed by atoms with E-state index >= 15 is 0 Å². The summed E-state index contributed by atoms with van der Waals surface area (Å²) in [6.45, 7) is 3.96. The van der Waals surface area contributed by atoms with Gasteiger partial charge in [-0.25, -0.2) is 0 Å². The second kappa shape index (κ2) is 5.03. The third-order valence-electron chi connectivity index (χ3n) is 0.649. The molecule has 0 aliphatic heterocycles. The molecule has 0 heterocycles.